The summed E-state index contributed by atoms with van der Waals surface area (Å²) in [4.78, 5) is 1.97. The molecular formula is C11H14BrNO. The Labute approximate surface area is 92.7 Å². The molecule has 0 bridgehead atoms. The topological polar surface area (TPSA) is 23.5 Å². The van der Waals surface area contributed by atoms with Crippen LogP contribution in [0.4, 0.5) is 5.69 Å². The third kappa shape index (κ3) is 1.55. The molecule has 0 heterocycles. The molecule has 2 nitrogen and oxygen atoms in total. The Morgan fingerprint density at radius 1 is 1.43 bits per heavy atom. The Morgan fingerprint density at radius 3 is 2.64 bits per heavy atom. The van der Waals surface area contributed by atoms with E-state index in [9.17, 15) is 5.11 Å². The van der Waals surface area contributed by atoms with Crippen LogP contribution >= 0.6 is 15.9 Å². The highest BCUT2D eigenvalue weighted by atomic mass is 79.9. The van der Waals surface area contributed by atoms with Gasteiger partial charge in [0, 0.05) is 17.2 Å². The normalized spacial score (nSPS) is 18.0. The summed E-state index contributed by atoms with van der Waals surface area (Å²) < 4.78 is 1.09. The van der Waals surface area contributed by atoms with Gasteiger partial charge in [0.05, 0.1) is 0 Å². The van der Waals surface area contributed by atoms with Gasteiger partial charge in [0.1, 0.15) is 5.72 Å². The van der Waals surface area contributed by atoms with Crippen LogP contribution in [0, 0.1) is 6.92 Å². The van der Waals surface area contributed by atoms with Crippen molar-refractivity contribution in [3.05, 3.63) is 28.2 Å². The van der Waals surface area contributed by atoms with Gasteiger partial charge in [-0.2, -0.15) is 0 Å². The number of hydrogen-bond acceptors (Lipinski definition) is 2. The van der Waals surface area contributed by atoms with Crippen LogP contribution in [0.2, 0.25) is 0 Å². The Balaban J connectivity index is 2.36. The van der Waals surface area contributed by atoms with Gasteiger partial charge in [-0.1, -0.05) is 22.0 Å². The number of aliphatic hydroxyl groups is 1. The fourth-order valence-electron chi connectivity index (χ4n) is 1.63. The third-order valence-electron chi connectivity index (χ3n) is 2.92. The summed E-state index contributed by atoms with van der Waals surface area (Å²) in [5.41, 5.74) is 1.68. The number of rotatable bonds is 2. The van der Waals surface area contributed by atoms with E-state index in [1.165, 1.54) is 5.56 Å². The van der Waals surface area contributed by atoms with Gasteiger partial charge in [0.2, 0.25) is 0 Å². The monoisotopic (exact) mass is 255 g/mol. The van der Waals surface area contributed by atoms with E-state index < -0.39 is 5.72 Å². The fourth-order valence-corrected chi connectivity index (χ4v) is 1.99. The molecule has 0 aliphatic heterocycles. The molecule has 1 aliphatic rings. The molecule has 1 aromatic rings. The molecule has 3 heteroatoms. The molecule has 0 atom stereocenters. The van der Waals surface area contributed by atoms with Crippen LogP contribution in [0.3, 0.4) is 0 Å². The molecule has 0 aromatic heterocycles. The van der Waals surface area contributed by atoms with Crippen molar-refractivity contribution in [1.82, 2.24) is 0 Å². The zero-order valence-corrected chi connectivity index (χ0v) is 10.0. The predicted octanol–water partition coefficient (Wildman–Crippen LogP) is 2.68. The van der Waals surface area contributed by atoms with Crippen molar-refractivity contribution in [1.29, 1.82) is 0 Å². The van der Waals surface area contributed by atoms with Crippen molar-refractivity contribution < 1.29 is 5.11 Å². The summed E-state index contributed by atoms with van der Waals surface area (Å²) in [6, 6.07) is 6.05. The average molecular weight is 256 g/mol. The number of nitrogens with zero attached hydrogens (tertiary/aromatic N) is 1. The highest BCUT2D eigenvalue weighted by molar-refractivity contribution is 9.10. The third-order valence-corrected chi connectivity index (χ3v) is 3.78. The second-order valence-electron chi connectivity index (χ2n) is 3.93. The van der Waals surface area contributed by atoms with E-state index in [1.807, 2.05) is 30.1 Å². The van der Waals surface area contributed by atoms with Gasteiger partial charge in [-0.05, 0) is 37.5 Å². The van der Waals surface area contributed by atoms with Gasteiger partial charge < -0.3 is 10.0 Å². The van der Waals surface area contributed by atoms with Crippen molar-refractivity contribution >= 4 is 21.6 Å². The minimum atomic E-state index is -0.592. The second-order valence-corrected chi connectivity index (χ2v) is 4.78. The zero-order valence-electron chi connectivity index (χ0n) is 8.42. The number of anilines is 1. The lowest BCUT2D eigenvalue weighted by Crippen LogP contribution is -2.33. The van der Waals surface area contributed by atoms with E-state index in [0.29, 0.717) is 0 Å². The van der Waals surface area contributed by atoms with Crippen LogP contribution in [-0.2, 0) is 0 Å². The summed E-state index contributed by atoms with van der Waals surface area (Å²) in [6.45, 7) is 2.06. The first-order valence-electron chi connectivity index (χ1n) is 4.76. The van der Waals surface area contributed by atoms with E-state index >= 15 is 0 Å². The highest BCUT2D eigenvalue weighted by Gasteiger charge is 2.45. The summed E-state index contributed by atoms with van der Waals surface area (Å²) in [7, 11) is 1.95. The highest BCUT2D eigenvalue weighted by Crippen LogP contribution is 2.42. The maximum Gasteiger partial charge on any atom is 0.138 e. The molecule has 1 fully saturated rings. The Bertz CT molecular complexity index is 360. The fraction of sp³-hybridized carbons (Fsp3) is 0.455. The quantitative estimate of drug-likeness (QED) is 0.822. The van der Waals surface area contributed by atoms with Crippen LogP contribution in [-0.4, -0.2) is 17.9 Å². The SMILES string of the molecule is Cc1c(Br)cccc1N(C)C1(O)CC1. The summed E-state index contributed by atoms with van der Waals surface area (Å²) in [5, 5.41) is 9.98. The van der Waals surface area contributed by atoms with Crippen molar-refractivity contribution in [3.8, 4) is 0 Å². The van der Waals surface area contributed by atoms with Gasteiger partial charge in [-0.3, -0.25) is 0 Å². The number of hydrogen-bond donors (Lipinski definition) is 1. The maximum absolute atomic E-state index is 9.98. The number of benzene rings is 1. The molecule has 0 radical (unpaired) electrons. The molecule has 0 saturated heterocycles. The van der Waals surface area contributed by atoms with Gasteiger partial charge >= 0.3 is 0 Å². The van der Waals surface area contributed by atoms with Crippen LogP contribution in [0.25, 0.3) is 0 Å². The van der Waals surface area contributed by atoms with Gasteiger partial charge in [0.15, 0.2) is 0 Å². The van der Waals surface area contributed by atoms with Gasteiger partial charge in [0.25, 0.3) is 0 Å². The van der Waals surface area contributed by atoms with Crippen LogP contribution in [0.1, 0.15) is 18.4 Å². The minimum absolute atomic E-state index is 0.592. The molecule has 0 unspecified atom stereocenters. The molecule has 0 amide bonds. The average Bonchev–Trinajstić information content (AvgIpc) is 2.89. The molecule has 1 N–H and O–H groups in total. The van der Waals surface area contributed by atoms with E-state index in [2.05, 4.69) is 22.9 Å². The van der Waals surface area contributed by atoms with Crippen molar-refractivity contribution in [2.24, 2.45) is 0 Å². The maximum atomic E-state index is 9.98. The van der Waals surface area contributed by atoms with Crippen LogP contribution < -0.4 is 4.90 Å². The van der Waals surface area contributed by atoms with Gasteiger partial charge in [-0.25, -0.2) is 0 Å². The van der Waals surface area contributed by atoms with Crippen LogP contribution in [0.15, 0.2) is 22.7 Å². The molecule has 1 aliphatic carbocycles. The Morgan fingerprint density at radius 2 is 2.07 bits per heavy atom. The lowest BCUT2D eigenvalue weighted by molar-refractivity contribution is 0.151. The van der Waals surface area contributed by atoms with Gasteiger partial charge in [-0.15, -0.1) is 0 Å². The van der Waals surface area contributed by atoms with E-state index in [-0.39, 0.29) is 0 Å². The molecule has 1 saturated carbocycles. The first-order chi connectivity index (χ1) is 6.54. The summed E-state index contributed by atoms with van der Waals surface area (Å²) >= 11 is 3.49. The smallest absolute Gasteiger partial charge is 0.138 e. The molecule has 0 spiro atoms. The Kier molecular flexibility index (Phi) is 2.32. The van der Waals surface area contributed by atoms with Crippen molar-refractivity contribution in [2.75, 3.05) is 11.9 Å². The lowest BCUT2D eigenvalue weighted by Gasteiger charge is -2.27. The second kappa shape index (κ2) is 3.24. The van der Waals surface area contributed by atoms with Crippen molar-refractivity contribution in [2.45, 2.75) is 25.5 Å². The first kappa shape index (κ1) is 9.99. The molecule has 76 valence electrons. The van der Waals surface area contributed by atoms with Crippen molar-refractivity contribution in [3.63, 3.8) is 0 Å². The van der Waals surface area contributed by atoms with Crippen LogP contribution in [0.5, 0.6) is 0 Å². The first-order valence-corrected chi connectivity index (χ1v) is 5.55. The standard InChI is InChI=1S/C11H14BrNO/c1-8-9(12)4-3-5-10(8)13(2)11(14)6-7-11/h3-5,14H,6-7H2,1-2H3. The van der Waals surface area contributed by atoms with E-state index in [0.717, 1.165) is 23.0 Å². The summed E-state index contributed by atoms with van der Waals surface area (Å²) in [6.07, 6.45) is 1.74. The number of halogens is 1. The summed E-state index contributed by atoms with van der Waals surface area (Å²) in [5.74, 6) is 0. The molecule has 2 rings (SSSR count). The Hall–Kier alpha value is -0.540. The predicted molar refractivity (Wildman–Crippen MR) is 61.5 cm³/mol. The van der Waals surface area contributed by atoms with E-state index in [4.69, 9.17) is 0 Å². The zero-order chi connectivity index (χ0) is 10.3. The van der Waals surface area contributed by atoms with E-state index in [1.54, 1.807) is 0 Å². The minimum Gasteiger partial charge on any atom is -0.371 e. The molecule has 1 aromatic carbocycles. The molecule has 14 heavy (non-hydrogen) atoms. The molecular weight excluding hydrogens is 242 g/mol. The largest absolute Gasteiger partial charge is 0.371 e. The lowest BCUT2D eigenvalue weighted by atomic mass is 10.2.